The van der Waals surface area contributed by atoms with E-state index in [0.29, 0.717) is 0 Å². The molecule has 0 heterocycles. The maximum Gasteiger partial charge on any atom is 0.470 e. The van der Waals surface area contributed by atoms with Crippen molar-refractivity contribution in [1.29, 1.82) is 0 Å². The second kappa shape index (κ2) is 7.69. The summed E-state index contributed by atoms with van der Waals surface area (Å²) < 4.78 is 28.2. The highest BCUT2D eigenvalue weighted by molar-refractivity contribution is 7.46. The average Bonchev–Trinajstić information content (AvgIpc) is 2.29. The van der Waals surface area contributed by atoms with Gasteiger partial charge in [0.2, 0.25) is 0 Å². The molecular formula is C6H14O12P2. The Kier molecular flexibility index (Phi) is 7.60. The first-order chi connectivity index (χ1) is 8.83. The normalized spacial score (nSPS) is 17.6. The summed E-state index contributed by atoms with van der Waals surface area (Å²) in [6.07, 6.45) is -6.53. The molecule has 0 fully saturated rings. The molecule has 120 valence electrons. The summed E-state index contributed by atoms with van der Waals surface area (Å²) in [4.78, 5) is 44.4. The third-order valence-corrected chi connectivity index (χ3v) is 2.79. The fourth-order valence-electron chi connectivity index (χ4n) is 0.906. The number of ketones is 1. The van der Waals surface area contributed by atoms with Gasteiger partial charge in [-0.2, -0.15) is 0 Å². The van der Waals surface area contributed by atoms with Crippen molar-refractivity contribution >= 4 is 21.4 Å². The fourth-order valence-corrected chi connectivity index (χ4v) is 1.55. The maximum absolute atomic E-state index is 11.2. The Hall–Kier alpha value is -0.230. The Labute approximate surface area is 112 Å². The number of hydrogen-bond acceptors (Lipinski definition) is 8. The number of hydrogen-bond donors (Lipinski definition) is 7. The van der Waals surface area contributed by atoms with Crippen molar-refractivity contribution in [2.45, 2.75) is 18.3 Å². The van der Waals surface area contributed by atoms with E-state index in [-0.39, 0.29) is 0 Å². The molecule has 0 unspecified atom stereocenters. The van der Waals surface area contributed by atoms with E-state index in [1.54, 1.807) is 0 Å². The number of aliphatic hydroxyl groups excluding tert-OH is 3. The lowest BCUT2D eigenvalue weighted by Crippen LogP contribution is -2.45. The molecule has 14 heteroatoms. The molecule has 0 aliphatic heterocycles. The van der Waals surface area contributed by atoms with Gasteiger partial charge in [-0.1, -0.05) is 0 Å². The van der Waals surface area contributed by atoms with E-state index in [2.05, 4.69) is 9.05 Å². The Balaban J connectivity index is 4.38. The van der Waals surface area contributed by atoms with Crippen LogP contribution >= 0.6 is 15.6 Å². The third-order valence-electron chi connectivity index (χ3n) is 1.84. The number of Topliss-reactive ketones (excluding diaryl/α,β-unsaturated/α-hetero) is 1. The van der Waals surface area contributed by atoms with Gasteiger partial charge in [-0.05, 0) is 0 Å². The van der Waals surface area contributed by atoms with E-state index in [0.717, 1.165) is 0 Å². The lowest BCUT2D eigenvalue weighted by atomic mass is 10.1. The van der Waals surface area contributed by atoms with E-state index < -0.39 is 53.0 Å². The van der Waals surface area contributed by atoms with Crippen LogP contribution in [0.5, 0.6) is 0 Å². The van der Waals surface area contributed by atoms with Gasteiger partial charge >= 0.3 is 15.6 Å². The van der Waals surface area contributed by atoms with E-state index in [1.807, 2.05) is 0 Å². The second-order valence-electron chi connectivity index (χ2n) is 3.52. The number of carbonyl (C=O) groups is 1. The van der Waals surface area contributed by atoms with Crippen LogP contribution < -0.4 is 0 Å². The van der Waals surface area contributed by atoms with Crippen LogP contribution in [0.3, 0.4) is 0 Å². The maximum atomic E-state index is 11.2. The largest absolute Gasteiger partial charge is 0.470 e. The minimum Gasteiger partial charge on any atom is -0.388 e. The summed E-state index contributed by atoms with van der Waals surface area (Å²) in [5, 5.41) is 27.7. The molecular weight excluding hydrogens is 326 g/mol. The zero-order valence-corrected chi connectivity index (χ0v) is 11.5. The van der Waals surface area contributed by atoms with Crippen LogP contribution in [-0.2, 0) is 23.0 Å². The van der Waals surface area contributed by atoms with Crippen LogP contribution in [0.25, 0.3) is 0 Å². The predicted octanol–water partition coefficient (Wildman–Crippen LogP) is -3.14. The first kappa shape index (κ1) is 19.8. The first-order valence-corrected chi connectivity index (χ1v) is 7.86. The van der Waals surface area contributed by atoms with Gasteiger partial charge in [0.05, 0.1) is 6.61 Å². The Morgan fingerprint density at radius 1 is 0.950 bits per heavy atom. The zero-order chi connectivity index (χ0) is 16.1. The van der Waals surface area contributed by atoms with Crippen LogP contribution in [0, 0.1) is 0 Å². The second-order valence-corrected chi connectivity index (χ2v) is 6.00. The van der Waals surface area contributed by atoms with Crippen molar-refractivity contribution in [3.05, 3.63) is 0 Å². The van der Waals surface area contributed by atoms with Gasteiger partial charge in [0.1, 0.15) is 24.9 Å². The number of phosphoric acid groups is 2. The van der Waals surface area contributed by atoms with Gasteiger partial charge in [0, 0.05) is 0 Å². The topological polar surface area (TPSA) is 211 Å². The molecule has 0 aliphatic carbocycles. The van der Waals surface area contributed by atoms with Crippen molar-refractivity contribution in [3.63, 3.8) is 0 Å². The quantitative estimate of drug-likeness (QED) is 0.207. The number of carbonyl (C=O) groups excluding carboxylic acids is 1. The van der Waals surface area contributed by atoms with Gasteiger partial charge in [-0.15, -0.1) is 0 Å². The smallest absolute Gasteiger partial charge is 0.388 e. The predicted molar refractivity (Wildman–Crippen MR) is 59.0 cm³/mol. The van der Waals surface area contributed by atoms with Gasteiger partial charge in [0.25, 0.3) is 0 Å². The van der Waals surface area contributed by atoms with E-state index in [9.17, 15) is 29.2 Å². The summed E-state index contributed by atoms with van der Waals surface area (Å²) in [6, 6.07) is 0. The molecule has 0 aliphatic rings. The van der Waals surface area contributed by atoms with Crippen molar-refractivity contribution in [1.82, 2.24) is 0 Å². The molecule has 0 saturated carbocycles. The minimum atomic E-state index is -4.95. The molecule has 3 atom stereocenters. The molecule has 0 saturated heterocycles. The number of aliphatic hydroxyl groups is 3. The summed E-state index contributed by atoms with van der Waals surface area (Å²) >= 11 is 0. The molecule has 0 radical (unpaired) electrons. The molecule has 0 rings (SSSR count). The molecule has 20 heavy (non-hydrogen) atoms. The van der Waals surface area contributed by atoms with Crippen LogP contribution in [-0.4, -0.2) is 72.2 Å². The van der Waals surface area contributed by atoms with Crippen molar-refractivity contribution < 1.29 is 57.9 Å². The molecule has 7 N–H and O–H groups in total. The molecule has 12 nitrogen and oxygen atoms in total. The fraction of sp³-hybridized carbons (Fsp3) is 0.833. The van der Waals surface area contributed by atoms with Crippen molar-refractivity contribution in [2.24, 2.45) is 0 Å². The van der Waals surface area contributed by atoms with Crippen molar-refractivity contribution in [3.8, 4) is 0 Å². The summed E-state index contributed by atoms with van der Waals surface area (Å²) in [5.74, 6) is -1.36. The monoisotopic (exact) mass is 340 g/mol. The summed E-state index contributed by atoms with van der Waals surface area (Å²) in [6.45, 7) is -2.33. The highest BCUT2D eigenvalue weighted by Crippen LogP contribution is 2.36. The van der Waals surface area contributed by atoms with Crippen LogP contribution in [0.2, 0.25) is 0 Å². The van der Waals surface area contributed by atoms with Crippen LogP contribution in [0.4, 0.5) is 0 Å². The number of phosphoric ester groups is 2. The third kappa shape index (κ3) is 8.84. The average molecular weight is 340 g/mol. The summed E-state index contributed by atoms with van der Waals surface area (Å²) in [5.41, 5.74) is 0. The Bertz CT molecular complexity index is 410. The van der Waals surface area contributed by atoms with E-state index in [4.69, 9.17) is 19.6 Å². The molecule has 0 amide bonds. The van der Waals surface area contributed by atoms with Crippen molar-refractivity contribution in [2.75, 3.05) is 13.2 Å². The zero-order valence-electron chi connectivity index (χ0n) is 9.71. The van der Waals surface area contributed by atoms with Gasteiger partial charge in [-0.25, -0.2) is 9.13 Å². The molecule has 0 aromatic heterocycles. The minimum absolute atomic E-state index is 1.09. The van der Waals surface area contributed by atoms with Gasteiger partial charge < -0.3 is 34.9 Å². The highest BCUT2D eigenvalue weighted by Gasteiger charge is 2.32. The SMILES string of the molecule is O=C(COP(=O)(O)O)[C@H](O)[C@@H](O)[C@@H](O)COP(=O)(O)O. The van der Waals surface area contributed by atoms with E-state index in [1.165, 1.54) is 0 Å². The lowest BCUT2D eigenvalue weighted by Gasteiger charge is -2.22. The summed E-state index contributed by atoms with van der Waals surface area (Å²) in [7, 11) is -9.87. The molecule has 0 bridgehead atoms. The van der Waals surface area contributed by atoms with Crippen LogP contribution in [0.1, 0.15) is 0 Å². The Morgan fingerprint density at radius 3 is 1.80 bits per heavy atom. The lowest BCUT2D eigenvalue weighted by molar-refractivity contribution is -0.142. The number of rotatable bonds is 9. The highest BCUT2D eigenvalue weighted by atomic mass is 31.2. The Morgan fingerprint density at radius 2 is 1.40 bits per heavy atom. The standard InChI is InChI=1S/C6H14O12P2/c7-3(1-17-19(11,12)13)5(9)6(10)4(8)2-18-20(14,15)16/h3,5-7,9-10H,1-2H2,(H2,11,12,13)(H2,14,15,16)/t3-,5-,6-/m0/s1. The molecule has 0 aromatic rings. The molecule has 0 spiro atoms. The van der Waals surface area contributed by atoms with E-state index >= 15 is 0 Å². The van der Waals surface area contributed by atoms with Gasteiger partial charge in [-0.3, -0.25) is 13.8 Å². The van der Waals surface area contributed by atoms with Gasteiger partial charge in [0.15, 0.2) is 5.78 Å². The van der Waals surface area contributed by atoms with Crippen LogP contribution in [0.15, 0.2) is 0 Å². The molecule has 0 aromatic carbocycles. The first-order valence-electron chi connectivity index (χ1n) is 4.80.